The summed E-state index contributed by atoms with van der Waals surface area (Å²) in [6.07, 6.45) is 0. The van der Waals surface area contributed by atoms with Gasteiger partial charge in [-0.3, -0.25) is 0 Å². The predicted octanol–water partition coefficient (Wildman–Crippen LogP) is 6.22. The Morgan fingerprint density at radius 2 is 1.78 bits per heavy atom. The van der Waals surface area contributed by atoms with Crippen LogP contribution >= 0.6 is 62.1 Å². The molecule has 1 N–H and O–H groups in total. The lowest BCUT2D eigenvalue weighted by Gasteiger charge is -2.09. The largest absolute Gasteiger partial charge is 0.378 e. The Bertz CT molecular complexity index is 545. The van der Waals surface area contributed by atoms with Crippen LogP contribution in [0, 0.1) is 5.82 Å². The fourth-order valence-electron chi connectivity index (χ4n) is 1.37. The zero-order valence-electron chi connectivity index (χ0n) is 8.74. The molecule has 0 saturated carbocycles. The van der Waals surface area contributed by atoms with E-state index in [0.29, 0.717) is 16.6 Å². The molecular formula is C11H6BrCl3FNS. The normalized spacial score (nSPS) is 10.7. The van der Waals surface area contributed by atoms with E-state index in [4.69, 9.17) is 34.8 Å². The van der Waals surface area contributed by atoms with E-state index in [2.05, 4.69) is 21.2 Å². The molecule has 0 saturated heterocycles. The van der Waals surface area contributed by atoms with Gasteiger partial charge < -0.3 is 5.32 Å². The van der Waals surface area contributed by atoms with Gasteiger partial charge in [-0.1, -0.05) is 34.8 Å². The summed E-state index contributed by atoms with van der Waals surface area (Å²) in [5, 5.41) is 3.57. The van der Waals surface area contributed by atoms with Crippen LogP contribution in [0.25, 0.3) is 0 Å². The summed E-state index contributed by atoms with van der Waals surface area (Å²) in [7, 11) is 0. The highest BCUT2D eigenvalue weighted by Gasteiger charge is 2.10. The van der Waals surface area contributed by atoms with Crippen LogP contribution in [-0.2, 0) is 6.54 Å². The van der Waals surface area contributed by atoms with Gasteiger partial charge >= 0.3 is 0 Å². The van der Waals surface area contributed by atoms with E-state index < -0.39 is 5.82 Å². The second kappa shape index (κ2) is 5.97. The van der Waals surface area contributed by atoms with Gasteiger partial charge in [-0.25, -0.2) is 4.39 Å². The lowest BCUT2D eigenvalue weighted by atomic mass is 10.3. The van der Waals surface area contributed by atoms with E-state index in [0.717, 1.165) is 9.35 Å². The van der Waals surface area contributed by atoms with Gasteiger partial charge in [0, 0.05) is 15.9 Å². The topological polar surface area (TPSA) is 12.0 Å². The molecule has 1 nitrogen and oxygen atoms in total. The Balaban J connectivity index is 2.15. The van der Waals surface area contributed by atoms with Crippen LogP contribution in [-0.4, -0.2) is 0 Å². The summed E-state index contributed by atoms with van der Waals surface area (Å²) >= 11 is 22.5. The van der Waals surface area contributed by atoms with Crippen LogP contribution in [0.1, 0.15) is 4.88 Å². The van der Waals surface area contributed by atoms with Crippen LogP contribution < -0.4 is 5.32 Å². The number of hydrogen-bond donors (Lipinski definition) is 1. The minimum atomic E-state index is -0.461. The molecule has 0 fully saturated rings. The quantitative estimate of drug-likeness (QED) is 0.657. The summed E-state index contributed by atoms with van der Waals surface area (Å²) in [5.74, 6) is -0.461. The Kier molecular flexibility index (Phi) is 4.78. The van der Waals surface area contributed by atoms with Gasteiger partial charge in [0.15, 0.2) is 0 Å². The third kappa shape index (κ3) is 3.31. The smallest absolute Gasteiger partial charge is 0.126 e. The van der Waals surface area contributed by atoms with Gasteiger partial charge in [0.2, 0.25) is 0 Å². The number of benzene rings is 1. The minimum absolute atomic E-state index is 0.252. The van der Waals surface area contributed by atoms with Crippen LogP contribution in [0.5, 0.6) is 0 Å². The molecule has 0 spiro atoms. The fraction of sp³-hybridized carbons (Fsp3) is 0.0909. The van der Waals surface area contributed by atoms with Crippen LogP contribution in [0.4, 0.5) is 10.1 Å². The van der Waals surface area contributed by atoms with Crippen molar-refractivity contribution in [2.24, 2.45) is 0 Å². The first-order valence-corrected chi connectivity index (χ1v) is 7.54. The second-order valence-corrected chi connectivity index (χ2v) is 6.84. The Morgan fingerprint density at radius 3 is 2.28 bits per heavy atom. The highest BCUT2D eigenvalue weighted by molar-refractivity contribution is 9.10. The molecule has 0 aliphatic carbocycles. The molecule has 1 aromatic carbocycles. The SMILES string of the molecule is Fc1cc(Cl)c(NCc2cc(Br)c(Cl)s2)c(Cl)c1. The lowest BCUT2D eigenvalue weighted by Crippen LogP contribution is -1.99. The summed E-state index contributed by atoms with van der Waals surface area (Å²) < 4.78 is 14.5. The van der Waals surface area contributed by atoms with Gasteiger partial charge in [-0.05, 0) is 34.1 Å². The molecule has 0 unspecified atom stereocenters. The monoisotopic (exact) mass is 387 g/mol. The summed E-state index contributed by atoms with van der Waals surface area (Å²) in [5.41, 5.74) is 0.514. The number of thiophene rings is 1. The summed E-state index contributed by atoms with van der Waals surface area (Å²) in [6.45, 7) is 0.515. The minimum Gasteiger partial charge on any atom is -0.378 e. The van der Waals surface area contributed by atoms with Crippen molar-refractivity contribution in [3.05, 3.63) is 47.7 Å². The third-order valence-corrected chi connectivity index (χ3v) is 5.21. The molecule has 7 heteroatoms. The molecule has 2 aromatic rings. The maximum atomic E-state index is 13.0. The fourth-order valence-corrected chi connectivity index (χ4v) is 3.69. The van der Waals surface area contributed by atoms with Crippen molar-refractivity contribution in [2.45, 2.75) is 6.54 Å². The molecule has 2 rings (SSSR count). The predicted molar refractivity (Wildman–Crippen MR) is 80.8 cm³/mol. The van der Waals surface area contributed by atoms with Crippen molar-refractivity contribution in [1.29, 1.82) is 0 Å². The summed E-state index contributed by atoms with van der Waals surface area (Å²) in [4.78, 5) is 1.02. The molecule has 0 aliphatic heterocycles. The average Bonchev–Trinajstić information content (AvgIpc) is 2.56. The van der Waals surface area contributed by atoms with Crippen molar-refractivity contribution in [3.8, 4) is 0 Å². The third-order valence-electron chi connectivity index (χ3n) is 2.14. The molecule has 0 bridgehead atoms. The highest BCUT2D eigenvalue weighted by Crippen LogP contribution is 2.35. The molecule has 0 atom stereocenters. The lowest BCUT2D eigenvalue weighted by molar-refractivity contribution is 0.628. The van der Waals surface area contributed by atoms with Gasteiger partial charge in [0.25, 0.3) is 0 Å². The molecule has 0 amide bonds. The number of anilines is 1. The van der Waals surface area contributed by atoms with Crippen molar-refractivity contribution >= 4 is 67.8 Å². The average molecular weight is 390 g/mol. The second-order valence-electron chi connectivity index (χ2n) is 3.43. The van der Waals surface area contributed by atoms with E-state index in [1.54, 1.807) is 0 Å². The van der Waals surface area contributed by atoms with Gasteiger partial charge in [0.1, 0.15) is 10.2 Å². The Labute approximate surface area is 131 Å². The van der Waals surface area contributed by atoms with Crippen molar-refractivity contribution < 1.29 is 4.39 Å². The molecule has 1 aromatic heterocycles. The molecular weight excluding hydrogens is 383 g/mol. The van der Waals surface area contributed by atoms with E-state index in [9.17, 15) is 4.39 Å². The maximum Gasteiger partial charge on any atom is 0.126 e. The molecule has 18 heavy (non-hydrogen) atoms. The van der Waals surface area contributed by atoms with Gasteiger partial charge in [0.05, 0.1) is 15.7 Å². The summed E-state index contributed by atoms with van der Waals surface area (Å²) in [6, 6.07) is 4.34. The Hall–Kier alpha value is -0.0000000000000000833. The van der Waals surface area contributed by atoms with Gasteiger partial charge in [-0.15, -0.1) is 11.3 Å². The van der Waals surface area contributed by atoms with E-state index in [1.165, 1.54) is 23.5 Å². The highest BCUT2D eigenvalue weighted by atomic mass is 79.9. The van der Waals surface area contributed by atoms with E-state index in [-0.39, 0.29) is 10.0 Å². The molecule has 0 aliphatic rings. The van der Waals surface area contributed by atoms with Crippen LogP contribution in [0.15, 0.2) is 22.7 Å². The maximum absolute atomic E-state index is 13.0. The number of halogens is 5. The first-order valence-electron chi connectivity index (χ1n) is 4.79. The zero-order chi connectivity index (χ0) is 13.3. The number of nitrogens with one attached hydrogen (secondary N) is 1. The number of rotatable bonds is 3. The van der Waals surface area contributed by atoms with E-state index >= 15 is 0 Å². The first kappa shape index (κ1) is 14.4. The van der Waals surface area contributed by atoms with Crippen molar-refractivity contribution in [2.75, 3.05) is 5.32 Å². The molecule has 96 valence electrons. The van der Waals surface area contributed by atoms with Crippen LogP contribution in [0.3, 0.4) is 0 Å². The van der Waals surface area contributed by atoms with Crippen LogP contribution in [0.2, 0.25) is 14.4 Å². The molecule has 0 radical (unpaired) electrons. The standard InChI is InChI=1S/C11H6BrCl3FNS/c12-7-3-6(18-11(7)15)4-17-10-8(13)1-5(16)2-9(10)14/h1-3,17H,4H2. The van der Waals surface area contributed by atoms with Gasteiger partial charge in [-0.2, -0.15) is 0 Å². The zero-order valence-corrected chi connectivity index (χ0v) is 13.4. The van der Waals surface area contributed by atoms with Crippen molar-refractivity contribution in [3.63, 3.8) is 0 Å². The Morgan fingerprint density at radius 1 is 1.17 bits per heavy atom. The number of hydrogen-bond acceptors (Lipinski definition) is 2. The van der Waals surface area contributed by atoms with Crippen molar-refractivity contribution in [1.82, 2.24) is 0 Å². The molecule has 1 heterocycles. The van der Waals surface area contributed by atoms with E-state index in [1.807, 2.05) is 6.07 Å². The first-order chi connectivity index (χ1) is 8.47.